The number of hydrogen-bond donors (Lipinski definition) is 2. The molecule has 2 amide bonds. The van der Waals surface area contributed by atoms with Crippen LogP contribution in [0.3, 0.4) is 0 Å². The molecule has 154 valence electrons. The van der Waals surface area contributed by atoms with Gasteiger partial charge in [-0.1, -0.05) is 46.6 Å². The van der Waals surface area contributed by atoms with Gasteiger partial charge in [0.15, 0.2) is 0 Å². The first-order chi connectivity index (χ1) is 14.4. The third kappa shape index (κ3) is 5.84. The normalized spacial score (nSPS) is 11.2. The molecule has 0 aliphatic carbocycles. The molecule has 0 saturated heterocycles. The van der Waals surface area contributed by atoms with E-state index in [1.165, 1.54) is 0 Å². The van der Waals surface area contributed by atoms with Crippen LogP contribution in [0.2, 0.25) is 0 Å². The highest BCUT2D eigenvalue weighted by Gasteiger charge is 2.11. The minimum Gasteiger partial charge on any atom is -0.347 e. The summed E-state index contributed by atoms with van der Waals surface area (Å²) in [7, 11) is 0. The summed E-state index contributed by atoms with van der Waals surface area (Å²) in [5, 5.41) is 10.6. The second kappa shape index (κ2) is 9.60. The van der Waals surface area contributed by atoms with Crippen LogP contribution in [0.1, 0.15) is 40.7 Å². The monoisotopic (exact) mass is 405 g/mol. The maximum absolute atomic E-state index is 12.1. The molecule has 30 heavy (non-hydrogen) atoms. The Morgan fingerprint density at radius 3 is 2.57 bits per heavy atom. The highest BCUT2D eigenvalue weighted by atomic mass is 16.5. The van der Waals surface area contributed by atoms with Crippen molar-refractivity contribution in [2.75, 3.05) is 0 Å². The fourth-order valence-electron chi connectivity index (χ4n) is 2.65. The molecule has 1 heterocycles. The number of rotatable bonds is 7. The molecule has 0 unspecified atom stereocenters. The maximum atomic E-state index is 12.1. The van der Waals surface area contributed by atoms with Crippen molar-refractivity contribution in [3.63, 3.8) is 0 Å². The van der Waals surface area contributed by atoms with Crippen molar-refractivity contribution in [1.82, 2.24) is 20.9 Å². The van der Waals surface area contributed by atoms with E-state index in [0.717, 1.165) is 16.7 Å². The fourth-order valence-corrected chi connectivity index (χ4v) is 2.65. The van der Waals surface area contributed by atoms with Gasteiger partial charge in [-0.25, -0.2) is 5.43 Å². The van der Waals surface area contributed by atoms with E-state index in [9.17, 15) is 9.59 Å². The quantitative estimate of drug-likeness (QED) is 0.463. The van der Waals surface area contributed by atoms with Gasteiger partial charge in [-0.05, 0) is 39.0 Å². The smallest absolute Gasteiger partial charge is 0.271 e. The number of carbonyl (C=O) groups is 2. The van der Waals surface area contributed by atoms with E-state index < -0.39 is 0 Å². The van der Waals surface area contributed by atoms with Gasteiger partial charge in [-0.2, -0.15) is 10.1 Å². The Bertz CT molecular complexity index is 1070. The first-order valence-corrected chi connectivity index (χ1v) is 9.47. The Labute approximate surface area is 174 Å². The summed E-state index contributed by atoms with van der Waals surface area (Å²) in [6.45, 7) is 5.70. The Balaban J connectivity index is 1.47. The van der Waals surface area contributed by atoms with Gasteiger partial charge in [-0.3, -0.25) is 9.59 Å². The summed E-state index contributed by atoms with van der Waals surface area (Å²) in [5.74, 6) is 0.182. The zero-order valence-corrected chi connectivity index (χ0v) is 17.1. The lowest BCUT2D eigenvalue weighted by Gasteiger charge is -2.04. The molecular weight excluding hydrogens is 382 g/mol. The van der Waals surface area contributed by atoms with Gasteiger partial charge in [0, 0.05) is 16.8 Å². The summed E-state index contributed by atoms with van der Waals surface area (Å²) < 4.78 is 5.19. The molecule has 1 aromatic heterocycles. The Morgan fingerprint density at radius 1 is 1.07 bits per heavy atom. The molecule has 0 atom stereocenters. The van der Waals surface area contributed by atoms with Crippen LogP contribution in [0, 0.1) is 13.8 Å². The van der Waals surface area contributed by atoms with Crippen molar-refractivity contribution in [3.8, 4) is 11.4 Å². The minimum absolute atomic E-state index is 0.0348. The molecular formula is C22H23N5O3. The third-order valence-electron chi connectivity index (χ3n) is 4.26. The minimum atomic E-state index is -0.329. The summed E-state index contributed by atoms with van der Waals surface area (Å²) in [6, 6.07) is 14.9. The van der Waals surface area contributed by atoms with Crippen LogP contribution in [-0.2, 0) is 11.3 Å². The molecule has 0 bridgehead atoms. The number of benzene rings is 2. The number of aromatic nitrogens is 2. The van der Waals surface area contributed by atoms with Crippen molar-refractivity contribution >= 4 is 17.5 Å². The van der Waals surface area contributed by atoms with Crippen molar-refractivity contribution in [2.24, 2.45) is 5.10 Å². The number of nitrogens with one attached hydrogen (secondary N) is 2. The molecule has 8 heteroatoms. The molecule has 3 aromatic rings. The van der Waals surface area contributed by atoms with Gasteiger partial charge < -0.3 is 9.84 Å². The standard InChI is InChI=1S/C22H23N5O3/c1-14-7-9-17(10-8-14)22(29)26-25-16(3)12-19(28)23-13-20-24-21(27-30-20)18-6-4-5-15(2)11-18/h4-11H,12-13H2,1-3H3,(H,23,28)(H,26,29)/b25-16+. The lowest BCUT2D eigenvalue weighted by Crippen LogP contribution is -2.26. The molecule has 0 saturated carbocycles. The molecule has 2 N–H and O–H groups in total. The molecule has 3 rings (SSSR count). The predicted octanol–water partition coefficient (Wildman–Crippen LogP) is 3.17. The average molecular weight is 405 g/mol. The van der Waals surface area contributed by atoms with Crippen LogP contribution in [0.4, 0.5) is 0 Å². The Kier molecular flexibility index (Phi) is 6.69. The molecule has 0 spiro atoms. The number of amides is 2. The highest BCUT2D eigenvalue weighted by molar-refractivity contribution is 6.01. The summed E-state index contributed by atoms with van der Waals surface area (Å²) >= 11 is 0. The maximum Gasteiger partial charge on any atom is 0.271 e. The van der Waals surface area contributed by atoms with Crippen LogP contribution in [-0.4, -0.2) is 27.7 Å². The third-order valence-corrected chi connectivity index (χ3v) is 4.26. The largest absolute Gasteiger partial charge is 0.347 e. The Hall–Kier alpha value is -3.81. The van der Waals surface area contributed by atoms with Crippen LogP contribution in [0.25, 0.3) is 11.4 Å². The lowest BCUT2D eigenvalue weighted by atomic mass is 10.1. The van der Waals surface area contributed by atoms with Gasteiger partial charge in [0.2, 0.25) is 17.6 Å². The van der Waals surface area contributed by atoms with E-state index in [2.05, 4.69) is 26.0 Å². The summed E-state index contributed by atoms with van der Waals surface area (Å²) in [6.07, 6.45) is 0.0348. The van der Waals surface area contributed by atoms with Gasteiger partial charge >= 0.3 is 0 Å². The van der Waals surface area contributed by atoms with E-state index in [0.29, 0.717) is 23.0 Å². The van der Waals surface area contributed by atoms with Gasteiger partial charge in [-0.15, -0.1) is 0 Å². The molecule has 2 aromatic carbocycles. The highest BCUT2D eigenvalue weighted by Crippen LogP contribution is 2.16. The SMILES string of the molecule is C/C(CC(=O)NCc1nc(-c2cccc(C)c2)no1)=N\NC(=O)c1ccc(C)cc1. The molecule has 0 fully saturated rings. The van der Waals surface area contributed by atoms with Gasteiger partial charge in [0.05, 0.1) is 13.0 Å². The average Bonchev–Trinajstić information content (AvgIpc) is 3.20. The predicted molar refractivity (Wildman–Crippen MR) is 113 cm³/mol. The van der Waals surface area contributed by atoms with Gasteiger partial charge in [0.1, 0.15) is 0 Å². The van der Waals surface area contributed by atoms with Crippen molar-refractivity contribution in [1.29, 1.82) is 0 Å². The van der Waals surface area contributed by atoms with Crippen molar-refractivity contribution < 1.29 is 14.1 Å². The Morgan fingerprint density at radius 2 is 1.83 bits per heavy atom. The second-order valence-corrected chi connectivity index (χ2v) is 6.99. The number of aryl methyl sites for hydroxylation is 2. The number of hydrogen-bond acceptors (Lipinski definition) is 6. The zero-order valence-electron chi connectivity index (χ0n) is 17.1. The number of hydrazone groups is 1. The van der Waals surface area contributed by atoms with Crippen LogP contribution >= 0.6 is 0 Å². The first-order valence-electron chi connectivity index (χ1n) is 9.47. The van der Waals surface area contributed by atoms with Crippen LogP contribution in [0.5, 0.6) is 0 Å². The van der Waals surface area contributed by atoms with E-state index in [4.69, 9.17) is 4.52 Å². The molecule has 0 radical (unpaired) electrons. The van der Waals surface area contributed by atoms with Crippen molar-refractivity contribution in [2.45, 2.75) is 33.7 Å². The molecule has 8 nitrogen and oxygen atoms in total. The van der Waals surface area contributed by atoms with E-state index in [1.54, 1.807) is 19.1 Å². The first kappa shape index (κ1) is 20.9. The second-order valence-electron chi connectivity index (χ2n) is 6.99. The molecule has 0 aliphatic heterocycles. The van der Waals surface area contributed by atoms with E-state index in [-0.39, 0.29) is 24.8 Å². The van der Waals surface area contributed by atoms with Gasteiger partial charge in [0.25, 0.3) is 5.91 Å². The fraction of sp³-hybridized carbons (Fsp3) is 0.227. The molecule has 0 aliphatic rings. The van der Waals surface area contributed by atoms with E-state index in [1.807, 2.05) is 50.2 Å². The van der Waals surface area contributed by atoms with E-state index >= 15 is 0 Å². The topological polar surface area (TPSA) is 109 Å². The summed E-state index contributed by atoms with van der Waals surface area (Å²) in [5.41, 5.74) is 6.43. The lowest BCUT2D eigenvalue weighted by molar-refractivity contribution is -0.120. The summed E-state index contributed by atoms with van der Waals surface area (Å²) in [4.78, 5) is 28.4. The number of nitrogens with zero attached hydrogens (tertiary/aromatic N) is 3. The van der Waals surface area contributed by atoms with Crippen molar-refractivity contribution in [3.05, 3.63) is 71.1 Å². The van der Waals surface area contributed by atoms with Crippen LogP contribution < -0.4 is 10.7 Å². The number of carbonyl (C=O) groups excluding carboxylic acids is 2. The zero-order chi connectivity index (χ0) is 21.5. The van der Waals surface area contributed by atoms with Crippen LogP contribution in [0.15, 0.2) is 58.2 Å².